The van der Waals surface area contributed by atoms with Crippen molar-refractivity contribution < 1.29 is 14.3 Å². The van der Waals surface area contributed by atoms with Crippen molar-refractivity contribution in [2.24, 2.45) is 5.16 Å². The topological polar surface area (TPSA) is 94.0 Å². The zero-order valence-electron chi connectivity index (χ0n) is 14.3. The van der Waals surface area contributed by atoms with Crippen molar-refractivity contribution in [1.82, 2.24) is 5.16 Å². The quantitative estimate of drug-likeness (QED) is 0.453. The molecule has 0 bridgehead atoms. The van der Waals surface area contributed by atoms with E-state index in [0.29, 0.717) is 17.0 Å². The summed E-state index contributed by atoms with van der Waals surface area (Å²) < 4.78 is 5.05. The molecule has 0 aliphatic carbocycles. The molecular weight excluding hydrogens is 324 g/mol. The number of nitrogens with zero attached hydrogens (tertiary/aromatic N) is 4. The fraction of sp³-hybridized carbons (Fsp3) is 0.412. The zero-order chi connectivity index (χ0) is 17.8. The second-order valence-corrected chi connectivity index (χ2v) is 6.01. The predicted octanol–water partition coefficient (Wildman–Crippen LogP) is 3.35. The third-order valence-electron chi connectivity index (χ3n) is 4.31. The van der Waals surface area contributed by atoms with E-state index in [9.17, 15) is 10.1 Å². The average molecular weight is 344 g/mol. The van der Waals surface area contributed by atoms with Crippen LogP contribution in [-0.2, 0) is 11.4 Å². The number of nitro benzene ring substituents is 1. The second kappa shape index (κ2) is 7.33. The van der Waals surface area contributed by atoms with Gasteiger partial charge < -0.3 is 14.3 Å². The number of anilines is 1. The largest absolute Gasteiger partial charge is 0.391 e. The number of oxime groups is 1. The standard InChI is InChI=1S/C17H20N4O4/c1-12-15(13(2)25-19-12)11-24-18-10-14-5-6-16(17(9-14)21(22)23)20-7-3-4-8-20/h5-6,9-10H,3-4,7-8,11H2,1-2H3/b18-10+. The Morgan fingerprint density at radius 2 is 2.16 bits per heavy atom. The first-order valence-corrected chi connectivity index (χ1v) is 8.16. The molecule has 0 unspecified atom stereocenters. The fourth-order valence-electron chi connectivity index (χ4n) is 2.90. The van der Waals surface area contributed by atoms with Gasteiger partial charge in [-0.1, -0.05) is 16.4 Å². The molecule has 1 aliphatic heterocycles. The van der Waals surface area contributed by atoms with Gasteiger partial charge in [0.1, 0.15) is 18.1 Å². The highest BCUT2D eigenvalue weighted by Crippen LogP contribution is 2.31. The molecular formula is C17H20N4O4. The van der Waals surface area contributed by atoms with E-state index in [0.717, 1.165) is 37.2 Å². The Morgan fingerprint density at radius 1 is 1.40 bits per heavy atom. The number of hydrogen-bond donors (Lipinski definition) is 0. The van der Waals surface area contributed by atoms with Gasteiger partial charge in [-0.25, -0.2) is 0 Å². The number of hydrogen-bond acceptors (Lipinski definition) is 7. The van der Waals surface area contributed by atoms with E-state index in [1.54, 1.807) is 6.07 Å². The first-order chi connectivity index (χ1) is 12.1. The maximum Gasteiger partial charge on any atom is 0.293 e. The Hall–Kier alpha value is -2.90. The smallest absolute Gasteiger partial charge is 0.293 e. The van der Waals surface area contributed by atoms with Gasteiger partial charge >= 0.3 is 0 Å². The number of nitro groups is 1. The van der Waals surface area contributed by atoms with Crippen molar-refractivity contribution in [3.05, 3.63) is 50.9 Å². The third kappa shape index (κ3) is 3.78. The molecule has 2 heterocycles. The van der Waals surface area contributed by atoms with Crippen LogP contribution >= 0.6 is 0 Å². The van der Waals surface area contributed by atoms with Crippen LogP contribution in [0.4, 0.5) is 11.4 Å². The molecule has 0 saturated carbocycles. The van der Waals surface area contributed by atoms with Crippen LogP contribution in [-0.4, -0.2) is 29.4 Å². The summed E-state index contributed by atoms with van der Waals surface area (Å²) in [6.45, 7) is 5.59. The minimum Gasteiger partial charge on any atom is -0.391 e. The Morgan fingerprint density at radius 3 is 2.80 bits per heavy atom. The summed E-state index contributed by atoms with van der Waals surface area (Å²) in [6, 6.07) is 5.11. The van der Waals surface area contributed by atoms with Crippen LogP contribution in [0, 0.1) is 24.0 Å². The number of aromatic nitrogens is 1. The average Bonchev–Trinajstić information content (AvgIpc) is 3.23. The molecule has 1 saturated heterocycles. The van der Waals surface area contributed by atoms with Crippen molar-refractivity contribution in [2.45, 2.75) is 33.3 Å². The van der Waals surface area contributed by atoms with Crippen molar-refractivity contribution >= 4 is 17.6 Å². The molecule has 132 valence electrons. The summed E-state index contributed by atoms with van der Waals surface area (Å²) in [7, 11) is 0. The summed E-state index contributed by atoms with van der Waals surface area (Å²) in [6.07, 6.45) is 3.60. The predicted molar refractivity (Wildman–Crippen MR) is 92.9 cm³/mol. The normalized spacial score (nSPS) is 14.4. The van der Waals surface area contributed by atoms with Crippen LogP contribution in [0.15, 0.2) is 27.9 Å². The third-order valence-corrected chi connectivity index (χ3v) is 4.31. The van der Waals surface area contributed by atoms with E-state index in [1.807, 2.05) is 24.8 Å². The van der Waals surface area contributed by atoms with Crippen molar-refractivity contribution in [2.75, 3.05) is 18.0 Å². The van der Waals surface area contributed by atoms with Gasteiger partial charge in [-0.3, -0.25) is 10.1 Å². The molecule has 0 amide bonds. The lowest BCUT2D eigenvalue weighted by Gasteiger charge is -2.17. The summed E-state index contributed by atoms with van der Waals surface area (Å²) >= 11 is 0. The van der Waals surface area contributed by atoms with E-state index >= 15 is 0 Å². The maximum atomic E-state index is 11.4. The number of aryl methyl sites for hydroxylation is 2. The molecule has 1 aromatic heterocycles. The molecule has 2 aromatic rings. The van der Waals surface area contributed by atoms with E-state index in [2.05, 4.69) is 10.3 Å². The van der Waals surface area contributed by atoms with Crippen LogP contribution in [0.2, 0.25) is 0 Å². The van der Waals surface area contributed by atoms with Crippen LogP contribution in [0.1, 0.15) is 35.4 Å². The van der Waals surface area contributed by atoms with Crippen LogP contribution in [0.5, 0.6) is 0 Å². The molecule has 0 N–H and O–H groups in total. The Labute approximate surface area is 145 Å². The Bertz CT molecular complexity index is 774. The highest BCUT2D eigenvalue weighted by atomic mass is 16.6. The maximum absolute atomic E-state index is 11.4. The lowest BCUT2D eigenvalue weighted by Crippen LogP contribution is -2.18. The number of benzene rings is 1. The first-order valence-electron chi connectivity index (χ1n) is 8.16. The van der Waals surface area contributed by atoms with Gasteiger partial charge in [-0.15, -0.1) is 0 Å². The van der Waals surface area contributed by atoms with Gasteiger partial charge in [-0.05, 0) is 32.8 Å². The Kier molecular flexibility index (Phi) is 4.97. The first kappa shape index (κ1) is 16.9. The van der Waals surface area contributed by atoms with Gasteiger partial charge in [0.2, 0.25) is 0 Å². The SMILES string of the molecule is Cc1noc(C)c1CO/N=C/c1ccc(N2CCCC2)c([N+](=O)[O-])c1. The highest BCUT2D eigenvalue weighted by Gasteiger charge is 2.22. The molecule has 8 heteroatoms. The van der Waals surface area contributed by atoms with E-state index < -0.39 is 0 Å². The summed E-state index contributed by atoms with van der Waals surface area (Å²) in [4.78, 5) is 18.3. The minimum absolute atomic E-state index is 0.0940. The van der Waals surface area contributed by atoms with E-state index in [4.69, 9.17) is 9.36 Å². The highest BCUT2D eigenvalue weighted by molar-refractivity contribution is 5.83. The molecule has 0 atom stereocenters. The second-order valence-electron chi connectivity index (χ2n) is 6.01. The van der Waals surface area contributed by atoms with Crippen LogP contribution in [0.25, 0.3) is 0 Å². The van der Waals surface area contributed by atoms with Gasteiger partial charge in [0, 0.05) is 24.7 Å². The van der Waals surface area contributed by atoms with Crippen LogP contribution in [0.3, 0.4) is 0 Å². The molecule has 1 aromatic carbocycles. The molecule has 8 nitrogen and oxygen atoms in total. The summed E-state index contributed by atoms with van der Waals surface area (Å²) in [5.74, 6) is 0.693. The van der Waals surface area contributed by atoms with Crippen LogP contribution < -0.4 is 4.90 Å². The van der Waals surface area contributed by atoms with Crippen molar-refractivity contribution in [3.8, 4) is 0 Å². The van der Waals surface area contributed by atoms with E-state index in [-0.39, 0.29) is 17.2 Å². The summed E-state index contributed by atoms with van der Waals surface area (Å²) in [5, 5.41) is 19.1. The lowest BCUT2D eigenvalue weighted by atomic mass is 10.1. The number of rotatable bonds is 6. The zero-order valence-corrected chi connectivity index (χ0v) is 14.3. The molecule has 3 rings (SSSR count). The van der Waals surface area contributed by atoms with E-state index in [1.165, 1.54) is 12.3 Å². The molecule has 1 aliphatic rings. The molecule has 0 radical (unpaired) electrons. The lowest BCUT2D eigenvalue weighted by molar-refractivity contribution is -0.384. The fourth-order valence-corrected chi connectivity index (χ4v) is 2.90. The minimum atomic E-state index is -0.351. The molecule has 0 spiro atoms. The molecule has 25 heavy (non-hydrogen) atoms. The van der Waals surface area contributed by atoms with Gasteiger partial charge in [0.25, 0.3) is 5.69 Å². The van der Waals surface area contributed by atoms with Crippen molar-refractivity contribution in [3.63, 3.8) is 0 Å². The monoisotopic (exact) mass is 344 g/mol. The van der Waals surface area contributed by atoms with Gasteiger partial charge in [0.15, 0.2) is 0 Å². The molecule has 1 fully saturated rings. The van der Waals surface area contributed by atoms with Gasteiger partial charge in [-0.2, -0.15) is 0 Å². The van der Waals surface area contributed by atoms with Gasteiger partial charge in [0.05, 0.1) is 22.4 Å². The summed E-state index contributed by atoms with van der Waals surface area (Å²) in [5.41, 5.74) is 2.99. The van der Waals surface area contributed by atoms with Crippen molar-refractivity contribution in [1.29, 1.82) is 0 Å². The Balaban J connectivity index is 1.70.